The zero-order chi connectivity index (χ0) is 13.7. The summed E-state index contributed by atoms with van der Waals surface area (Å²) < 4.78 is 22.5. The zero-order valence-electron chi connectivity index (χ0n) is 10.6. The summed E-state index contributed by atoms with van der Waals surface area (Å²) in [6, 6.07) is 6.58. The first-order valence-corrected chi connectivity index (χ1v) is 6.84. The number of rotatable bonds is 6. The molecule has 6 heteroatoms. The van der Waals surface area contributed by atoms with Gasteiger partial charge in [0.05, 0.1) is 6.61 Å². The van der Waals surface area contributed by atoms with Gasteiger partial charge in [-0.15, -0.1) is 0 Å². The molecule has 3 N–H and O–H groups in total. The number of benzene rings is 1. The van der Waals surface area contributed by atoms with Crippen LogP contribution >= 0.6 is 11.5 Å². The van der Waals surface area contributed by atoms with Gasteiger partial charge in [-0.25, -0.2) is 4.39 Å². The first kappa shape index (κ1) is 13.6. The molecule has 4 nitrogen and oxygen atoms in total. The smallest absolute Gasteiger partial charge is 0.197 e. The fourth-order valence-electron chi connectivity index (χ4n) is 1.70. The Kier molecular flexibility index (Phi) is 4.57. The van der Waals surface area contributed by atoms with Gasteiger partial charge in [-0.05, 0) is 42.6 Å². The van der Waals surface area contributed by atoms with E-state index in [0.717, 1.165) is 17.0 Å². The maximum Gasteiger partial charge on any atom is 0.197 e. The quantitative estimate of drug-likeness (QED) is 0.854. The number of nitrogen functional groups attached to an aromatic ring is 1. The SMILES string of the molecule is CCOc1c(N)nsc1NCCc1cccc(F)c1. The van der Waals surface area contributed by atoms with Crippen LogP contribution in [0.1, 0.15) is 12.5 Å². The Balaban J connectivity index is 1.92. The van der Waals surface area contributed by atoms with Crippen molar-refractivity contribution in [3.8, 4) is 5.75 Å². The summed E-state index contributed by atoms with van der Waals surface area (Å²) in [4.78, 5) is 0. The second kappa shape index (κ2) is 6.38. The van der Waals surface area contributed by atoms with Gasteiger partial charge < -0.3 is 15.8 Å². The molecular weight excluding hydrogens is 265 g/mol. The van der Waals surface area contributed by atoms with Crippen molar-refractivity contribution in [2.45, 2.75) is 13.3 Å². The Hall–Kier alpha value is -1.82. The molecule has 2 rings (SSSR count). The van der Waals surface area contributed by atoms with E-state index in [1.807, 2.05) is 13.0 Å². The van der Waals surface area contributed by atoms with Crippen molar-refractivity contribution in [1.29, 1.82) is 0 Å². The minimum Gasteiger partial charge on any atom is -0.487 e. The number of aromatic nitrogens is 1. The molecule has 0 saturated heterocycles. The van der Waals surface area contributed by atoms with Gasteiger partial charge in [-0.2, -0.15) is 4.37 Å². The lowest BCUT2D eigenvalue weighted by Crippen LogP contribution is -2.05. The summed E-state index contributed by atoms with van der Waals surface area (Å²) in [5.41, 5.74) is 6.66. The van der Waals surface area contributed by atoms with E-state index >= 15 is 0 Å². The van der Waals surface area contributed by atoms with Crippen LogP contribution < -0.4 is 15.8 Å². The normalized spacial score (nSPS) is 10.4. The largest absolute Gasteiger partial charge is 0.487 e. The molecule has 0 aliphatic carbocycles. The molecule has 0 unspecified atom stereocenters. The summed E-state index contributed by atoms with van der Waals surface area (Å²) in [5.74, 6) is 0.793. The third-order valence-corrected chi connectivity index (χ3v) is 3.35. The standard InChI is InChI=1S/C13H16FN3OS/c1-2-18-11-12(15)17-19-13(11)16-7-6-9-4-3-5-10(14)8-9/h3-5,8,16H,2,6-7H2,1H3,(H2,15,17). The molecule has 0 saturated carbocycles. The predicted octanol–water partition coefficient (Wildman–Crippen LogP) is 2.92. The van der Waals surface area contributed by atoms with E-state index in [9.17, 15) is 4.39 Å². The molecule has 0 radical (unpaired) electrons. The van der Waals surface area contributed by atoms with Crippen LogP contribution in [-0.2, 0) is 6.42 Å². The number of ether oxygens (including phenoxy) is 1. The van der Waals surface area contributed by atoms with E-state index in [-0.39, 0.29) is 5.82 Å². The Labute approximate surface area is 115 Å². The molecule has 0 atom stereocenters. The van der Waals surface area contributed by atoms with Crippen LogP contribution in [0.5, 0.6) is 5.75 Å². The average Bonchev–Trinajstić information content (AvgIpc) is 2.72. The maximum absolute atomic E-state index is 13.0. The minimum atomic E-state index is -0.213. The van der Waals surface area contributed by atoms with E-state index in [0.29, 0.717) is 24.7 Å². The Bertz CT molecular complexity index is 544. The molecule has 1 aromatic heterocycles. The van der Waals surface area contributed by atoms with Gasteiger partial charge in [0.2, 0.25) is 0 Å². The Morgan fingerprint density at radius 1 is 1.47 bits per heavy atom. The molecule has 0 bridgehead atoms. The van der Waals surface area contributed by atoms with Gasteiger partial charge in [-0.3, -0.25) is 0 Å². The molecule has 19 heavy (non-hydrogen) atoms. The van der Waals surface area contributed by atoms with Gasteiger partial charge >= 0.3 is 0 Å². The molecule has 0 aliphatic rings. The number of nitrogens with zero attached hydrogens (tertiary/aromatic N) is 1. The molecular formula is C13H16FN3OS. The van der Waals surface area contributed by atoms with E-state index < -0.39 is 0 Å². The lowest BCUT2D eigenvalue weighted by atomic mass is 10.1. The minimum absolute atomic E-state index is 0.213. The molecule has 1 aromatic carbocycles. The molecule has 1 heterocycles. The number of halogens is 1. The summed E-state index contributed by atoms with van der Waals surface area (Å²) in [6.45, 7) is 3.11. The van der Waals surface area contributed by atoms with Crippen molar-refractivity contribution >= 4 is 22.4 Å². The van der Waals surface area contributed by atoms with Crippen molar-refractivity contribution in [1.82, 2.24) is 4.37 Å². The van der Waals surface area contributed by atoms with Crippen LogP contribution in [0, 0.1) is 5.82 Å². The molecule has 0 fully saturated rings. The first-order valence-electron chi connectivity index (χ1n) is 6.07. The van der Waals surface area contributed by atoms with Gasteiger partial charge in [0.25, 0.3) is 0 Å². The van der Waals surface area contributed by atoms with E-state index in [4.69, 9.17) is 10.5 Å². The predicted molar refractivity (Wildman–Crippen MR) is 76.3 cm³/mol. The van der Waals surface area contributed by atoms with Crippen molar-refractivity contribution in [3.63, 3.8) is 0 Å². The summed E-state index contributed by atoms with van der Waals surface area (Å²) >= 11 is 1.27. The monoisotopic (exact) mass is 281 g/mol. The summed E-state index contributed by atoms with van der Waals surface area (Å²) in [7, 11) is 0. The van der Waals surface area contributed by atoms with Crippen LogP contribution in [0.2, 0.25) is 0 Å². The van der Waals surface area contributed by atoms with Gasteiger partial charge in [0.1, 0.15) is 5.82 Å². The van der Waals surface area contributed by atoms with Crippen molar-refractivity contribution < 1.29 is 9.13 Å². The zero-order valence-corrected chi connectivity index (χ0v) is 11.5. The molecule has 0 aliphatic heterocycles. The van der Waals surface area contributed by atoms with Crippen LogP contribution in [0.3, 0.4) is 0 Å². The molecule has 0 amide bonds. The Morgan fingerprint density at radius 3 is 3.05 bits per heavy atom. The highest BCUT2D eigenvalue weighted by Crippen LogP contribution is 2.34. The highest BCUT2D eigenvalue weighted by molar-refractivity contribution is 7.11. The van der Waals surface area contributed by atoms with Crippen LogP contribution in [0.15, 0.2) is 24.3 Å². The van der Waals surface area contributed by atoms with Crippen LogP contribution in [0.4, 0.5) is 15.2 Å². The third-order valence-electron chi connectivity index (χ3n) is 2.55. The fraction of sp³-hybridized carbons (Fsp3) is 0.308. The highest BCUT2D eigenvalue weighted by Gasteiger charge is 2.11. The van der Waals surface area contributed by atoms with Crippen molar-refractivity contribution in [2.24, 2.45) is 0 Å². The maximum atomic E-state index is 13.0. The topological polar surface area (TPSA) is 60.2 Å². The van der Waals surface area contributed by atoms with Crippen molar-refractivity contribution in [3.05, 3.63) is 35.6 Å². The van der Waals surface area contributed by atoms with E-state index in [2.05, 4.69) is 9.69 Å². The number of hydrogen-bond donors (Lipinski definition) is 2. The number of nitrogens with one attached hydrogen (secondary N) is 1. The van der Waals surface area contributed by atoms with Gasteiger partial charge in [0, 0.05) is 6.54 Å². The van der Waals surface area contributed by atoms with E-state index in [1.54, 1.807) is 6.07 Å². The highest BCUT2D eigenvalue weighted by atomic mass is 32.1. The Morgan fingerprint density at radius 2 is 2.32 bits per heavy atom. The summed E-state index contributed by atoms with van der Waals surface area (Å²) in [6.07, 6.45) is 0.723. The second-order valence-corrected chi connectivity index (χ2v) is 4.74. The average molecular weight is 281 g/mol. The van der Waals surface area contributed by atoms with Crippen LogP contribution in [0.25, 0.3) is 0 Å². The van der Waals surface area contributed by atoms with Crippen LogP contribution in [-0.4, -0.2) is 17.5 Å². The second-order valence-electron chi connectivity index (χ2n) is 3.97. The van der Waals surface area contributed by atoms with Crippen molar-refractivity contribution in [2.75, 3.05) is 24.2 Å². The summed E-state index contributed by atoms with van der Waals surface area (Å²) in [5, 5.41) is 4.03. The number of hydrogen-bond acceptors (Lipinski definition) is 5. The molecule has 2 aromatic rings. The molecule has 0 spiro atoms. The molecule has 102 valence electrons. The lowest BCUT2D eigenvalue weighted by Gasteiger charge is -2.07. The van der Waals surface area contributed by atoms with Gasteiger partial charge in [-0.1, -0.05) is 12.1 Å². The number of nitrogens with two attached hydrogens (primary N) is 1. The van der Waals surface area contributed by atoms with E-state index in [1.165, 1.54) is 23.7 Å². The lowest BCUT2D eigenvalue weighted by molar-refractivity contribution is 0.344. The van der Waals surface area contributed by atoms with Gasteiger partial charge in [0.15, 0.2) is 16.6 Å². The number of anilines is 2. The first-order chi connectivity index (χ1) is 9.20. The fourth-order valence-corrected chi connectivity index (χ4v) is 2.39. The third kappa shape index (κ3) is 3.57.